The summed E-state index contributed by atoms with van der Waals surface area (Å²) < 4.78 is 38.3. The Labute approximate surface area is 120 Å². The van der Waals surface area contributed by atoms with E-state index >= 15 is 0 Å². The zero-order chi connectivity index (χ0) is 16.3. The second-order valence-corrected chi connectivity index (χ2v) is 5.68. The molecule has 9 heteroatoms. The molecule has 0 saturated carbocycles. The Hall–Kier alpha value is -1.61. The van der Waals surface area contributed by atoms with Gasteiger partial charge < -0.3 is 10.4 Å². The summed E-state index contributed by atoms with van der Waals surface area (Å²) in [6, 6.07) is 0.556. The van der Waals surface area contributed by atoms with Crippen LogP contribution < -0.4 is 16.6 Å². The molecule has 0 spiro atoms. The first-order valence-corrected chi connectivity index (χ1v) is 6.38. The SMILES string of the molecule is CC(C)(C)C(CCO)Nc1cc(C(F)(F)F)nc(NN)n1. The van der Waals surface area contributed by atoms with Crippen LogP contribution in [0.2, 0.25) is 0 Å². The zero-order valence-corrected chi connectivity index (χ0v) is 12.1. The summed E-state index contributed by atoms with van der Waals surface area (Å²) in [7, 11) is 0. The van der Waals surface area contributed by atoms with E-state index in [0.29, 0.717) is 6.42 Å². The number of nitrogens with two attached hydrogens (primary N) is 1. The summed E-state index contributed by atoms with van der Waals surface area (Å²) in [6.07, 6.45) is -4.22. The number of hydrogen-bond donors (Lipinski definition) is 4. The molecule has 0 fully saturated rings. The van der Waals surface area contributed by atoms with Crippen molar-refractivity contribution in [1.29, 1.82) is 0 Å². The number of rotatable bonds is 5. The Morgan fingerprint density at radius 1 is 1.29 bits per heavy atom. The van der Waals surface area contributed by atoms with E-state index in [-0.39, 0.29) is 29.8 Å². The molecule has 1 rings (SSSR count). The molecular formula is C12H20F3N5O. The topological polar surface area (TPSA) is 96.1 Å². The number of aromatic nitrogens is 2. The van der Waals surface area contributed by atoms with E-state index in [1.165, 1.54) is 0 Å². The smallest absolute Gasteiger partial charge is 0.396 e. The molecule has 1 aromatic heterocycles. The lowest BCUT2D eigenvalue weighted by Crippen LogP contribution is -2.35. The largest absolute Gasteiger partial charge is 0.433 e. The molecule has 6 nitrogen and oxygen atoms in total. The lowest BCUT2D eigenvalue weighted by atomic mass is 9.85. The van der Waals surface area contributed by atoms with Gasteiger partial charge in [-0.05, 0) is 11.8 Å². The zero-order valence-electron chi connectivity index (χ0n) is 12.1. The van der Waals surface area contributed by atoms with E-state index in [1.807, 2.05) is 26.2 Å². The second kappa shape index (κ2) is 6.44. The summed E-state index contributed by atoms with van der Waals surface area (Å²) in [5.41, 5.74) is 0.644. The molecule has 1 heterocycles. The molecule has 0 saturated heterocycles. The fourth-order valence-corrected chi connectivity index (χ4v) is 1.76. The highest BCUT2D eigenvalue weighted by molar-refractivity contribution is 5.43. The van der Waals surface area contributed by atoms with Gasteiger partial charge in [0.1, 0.15) is 5.82 Å². The summed E-state index contributed by atoms with van der Waals surface area (Å²) in [4.78, 5) is 7.14. The van der Waals surface area contributed by atoms with E-state index in [1.54, 1.807) is 0 Å². The molecule has 0 aliphatic rings. The van der Waals surface area contributed by atoms with Crippen LogP contribution in [0.1, 0.15) is 32.9 Å². The van der Waals surface area contributed by atoms with Crippen LogP contribution in [0.3, 0.4) is 0 Å². The van der Waals surface area contributed by atoms with E-state index < -0.39 is 11.9 Å². The quantitative estimate of drug-likeness (QED) is 0.491. The molecular weight excluding hydrogens is 287 g/mol. The van der Waals surface area contributed by atoms with Crippen LogP contribution in [-0.4, -0.2) is 27.7 Å². The van der Waals surface area contributed by atoms with Gasteiger partial charge in [0.2, 0.25) is 5.95 Å². The molecule has 0 amide bonds. The van der Waals surface area contributed by atoms with Crippen LogP contribution >= 0.6 is 0 Å². The number of nitrogens with one attached hydrogen (secondary N) is 2. The molecule has 0 radical (unpaired) electrons. The average Bonchev–Trinajstić information content (AvgIpc) is 2.35. The average molecular weight is 307 g/mol. The van der Waals surface area contributed by atoms with E-state index in [0.717, 1.165) is 6.07 Å². The first-order chi connectivity index (χ1) is 9.57. The van der Waals surface area contributed by atoms with Gasteiger partial charge in [-0.15, -0.1) is 0 Å². The number of alkyl halides is 3. The van der Waals surface area contributed by atoms with Gasteiger partial charge in [0.15, 0.2) is 5.69 Å². The number of nitrogen functional groups attached to an aromatic ring is 1. The van der Waals surface area contributed by atoms with Gasteiger partial charge in [-0.1, -0.05) is 20.8 Å². The third-order valence-electron chi connectivity index (χ3n) is 2.93. The minimum atomic E-state index is -4.60. The van der Waals surface area contributed by atoms with Crippen molar-refractivity contribution in [2.45, 2.75) is 39.4 Å². The summed E-state index contributed by atoms with van der Waals surface area (Å²) in [6.45, 7) is 5.64. The molecule has 0 aliphatic carbocycles. The molecule has 120 valence electrons. The number of aliphatic hydroxyl groups excluding tert-OH is 1. The van der Waals surface area contributed by atoms with Crippen LogP contribution in [-0.2, 0) is 6.18 Å². The van der Waals surface area contributed by atoms with Crippen LogP contribution in [0, 0.1) is 5.41 Å². The highest BCUT2D eigenvalue weighted by Crippen LogP contribution is 2.31. The Balaban J connectivity index is 3.11. The fraction of sp³-hybridized carbons (Fsp3) is 0.667. The first kappa shape index (κ1) is 17.4. The summed E-state index contributed by atoms with van der Waals surface area (Å²) >= 11 is 0. The maximum absolute atomic E-state index is 12.8. The Morgan fingerprint density at radius 2 is 1.90 bits per heavy atom. The number of anilines is 2. The van der Waals surface area contributed by atoms with Gasteiger partial charge in [0.25, 0.3) is 0 Å². The third kappa shape index (κ3) is 5.01. The third-order valence-corrected chi connectivity index (χ3v) is 2.93. The van der Waals surface area contributed by atoms with Crippen molar-refractivity contribution >= 4 is 11.8 Å². The van der Waals surface area contributed by atoms with Crippen LogP contribution in [0.15, 0.2) is 6.07 Å². The number of hydrazine groups is 1. The number of halogens is 3. The van der Waals surface area contributed by atoms with E-state index in [4.69, 9.17) is 10.9 Å². The highest BCUT2D eigenvalue weighted by Gasteiger charge is 2.34. The molecule has 1 unspecified atom stereocenters. The highest BCUT2D eigenvalue weighted by atomic mass is 19.4. The minimum Gasteiger partial charge on any atom is -0.396 e. The van der Waals surface area contributed by atoms with Crippen LogP contribution in [0.5, 0.6) is 0 Å². The Kier molecular flexibility index (Phi) is 5.35. The van der Waals surface area contributed by atoms with Crippen molar-refractivity contribution in [2.75, 3.05) is 17.3 Å². The van der Waals surface area contributed by atoms with Gasteiger partial charge in [0.05, 0.1) is 0 Å². The summed E-state index contributed by atoms with van der Waals surface area (Å²) in [5.74, 6) is 4.77. The Bertz CT molecular complexity index is 473. The van der Waals surface area contributed by atoms with Crippen molar-refractivity contribution in [3.8, 4) is 0 Å². The predicted octanol–water partition coefficient (Wildman–Crippen LogP) is 1.99. The molecule has 0 aliphatic heterocycles. The molecule has 1 atom stereocenters. The lowest BCUT2D eigenvalue weighted by Gasteiger charge is -2.31. The molecule has 0 bridgehead atoms. The van der Waals surface area contributed by atoms with Gasteiger partial charge in [-0.3, -0.25) is 5.43 Å². The molecule has 1 aromatic rings. The van der Waals surface area contributed by atoms with Crippen molar-refractivity contribution in [3.63, 3.8) is 0 Å². The molecule has 21 heavy (non-hydrogen) atoms. The standard InChI is InChI=1S/C12H20F3N5O/c1-11(2,3)7(4-5-21)17-9-6-8(12(13,14)15)18-10(19-9)20-16/h6-7,21H,4-5,16H2,1-3H3,(H2,17,18,19,20). The predicted molar refractivity (Wildman–Crippen MR) is 73.4 cm³/mol. The fourth-order valence-electron chi connectivity index (χ4n) is 1.76. The maximum atomic E-state index is 12.8. The van der Waals surface area contributed by atoms with Gasteiger partial charge in [-0.25, -0.2) is 10.8 Å². The van der Waals surface area contributed by atoms with Crippen molar-refractivity contribution in [3.05, 3.63) is 11.8 Å². The first-order valence-electron chi connectivity index (χ1n) is 6.38. The Morgan fingerprint density at radius 3 is 2.33 bits per heavy atom. The van der Waals surface area contributed by atoms with E-state index in [2.05, 4.69) is 15.3 Å². The van der Waals surface area contributed by atoms with Gasteiger partial charge >= 0.3 is 6.18 Å². The number of nitrogens with zero attached hydrogens (tertiary/aromatic N) is 2. The second-order valence-electron chi connectivity index (χ2n) is 5.68. The monoisotopic (exact) mass is 307 g/mol. The van der Waals surface area contributed by atoms with Crippen molar-refractivity contribution in [1.82, 2.24) is 9.97 Å². The van der Waals surface area contributed by atoms with Crippen LogP contribution in [0.4, 0.5) is 24.9 Å². The normalized spacial score (nSPS) is 13.9. The van der Waals surface area contributed by atoms with Gasteiger partial charge in [-0.2, -0.15) is 18.2 Å². The molecule has 0 aromatic carbocycles. The van der Waals surface area contributed by atoms with Gasteiger partial charge in [0, 0.05) is 18.7 Å². The summed E-state index contributed by atoms with van der Waals surface area (Å²) in [5, 5.41) is 12.0. The minimum absolute atomic E-state index is 0.00125. The maximum Gasteiger partial charge on any atom is 0.433 e. The van der Waals surface area contributed by atoms with Crippen molar-refractivity contribution < 1.29 is 18.3 Å². The molecule has 5 N–H and O–H groups in total. The van der Waals surface area contributed by atoms with Crippen molar-refractivity contribution in [2.24, 2.45) is 11.3 Å². The lowest BCUT2D eigenvalue weighted by molar-refractivity contribution is -0.141. The number of hydrogen-bond acceptors (Lipinski definition) is 6. The number of aliphatic hydroxyl groups is 1. The van der Waals surface area contributed by atoms with E-state index in [9.17, 15) is 13.2 Å². The van der Waals surface area contributed by atoms with Crippen LogP contribution in [0.25, 0.3) is 0 Å².